The van der Waals surface area contributed by atoms with Gasteiger partial charge in [-0.3, -0.25) is 4.90 Å². The molecule has 3 aromatic rings. The molecule has 3 aromatic carbocycles. The largest absolute Gasteiger partial charge is 0.508 e. The van der Waals surface area contributed by atoms with Gasteiger partial charge in [-0.15, -0.1) is 0 Å². The number of hydrogen-bond donors (Lipinski definition) is 2. The number of likely N-dealkylation sites (tertiary alicyclic amines) is 1. The van der Waals surface area contributed by atoms with Gasteiger partial charge in [0, 0.05) is 35.9 Å². The first-order valence-electron chi connectivity index (χ1n) is 12.6. The summed E-state index contributed by atoms with van der Waals surface area (Å²) >= 11 is 0. The predicted octanol–water partition coefficient (Wildman–Crippen LogP) is 6.41. The number of benzene rings is 3. The van der Waals surface area contributed by atoms with Crippen molar-refractivity contribution in [3.05, 3.63) is 83.2 Å². The second-order valence-electron chi connectivity index (χ2n) is 9.66. The fraction of sp³-hybridized carbons (Fsp3) is 0.333. The third kappa shape index (κ3) is 4.91. The topological polar surface area (TPSA) is 62.2 Å². The van der Waals surface area contributed by atoms with Crippen molar-refractivity contribution >= 4 is 11.1 Å². The zero-order valence-electron chi connectivity index (χ0n) is 20.7. The van der Waals surface area contributed by atoms with Crippen LogP contribution >= 0.6 is 0 Å². The van der Waals surface area contributed by atoms with Gasteiger partial charge in [-0.1, -0.05) is 25.5 Å². The number of hydrogen-bond acceptors (Lipinski definition) is 5. The van der Waals surface area contributed by atoms with E-state index in [2.05, 4.69) is 11.8 Å². The van der Waals surface area contributed by atoms with Gasteiger partial charge in [-0.2, -0.15) is 0 Å². The molecular weight excluding hydrogens is 457 g/mol. The Labute approximate surface area is 211 Å². The van der Waals surface area contributed by atoms with Crippen LogP contribution in [0.25, 0.3) is 11.1 Å². The van der Waals surface area contributed by atoms with E-state index in [1.54, 1.807) is 24.3 Å². The lowest BCUT2D eigenvalue weighted by atomic mass is 9.86. The van der Waals surface area contributed by atoms with E-state index < -0.39 is 11.9 Å². The number of phenols is 2. The summed E-state index contributed by atoms with van der Waals surface area (Å²) in [5, 5.41) is 19.8. The summed E-state index contributed by atoms with van der Waals surface area (Å²) in [6, 6.07) is 16.8. The lowest BCUT2D eigenvalue weighted by Crippen LogP contribution is -2.26. The molecule has 0 spiro atoms. The van der Waals surface area contributed by atoms with E-state index in [0.29, 0.717) is 29.1 Å². The minimum Gasteiger partial charge on any atom is -0.508 e. The van der Waals surface area contributed by atoms with Gasteiger partial charge in [0.15, 0.2) is 0 Å². The minimum absolute atomic E-state index is 0.112. The van der Waals surface area contributed by atoms with E-state index >= 15 is 4.39 Å². The van der Waals surface area contributed by atoms with Crippen LogP contribution < -0.4 is 9.47 Å². The van der Waals surface area contributed by atoms with Crippen LogP contribution in [0.4, 0.5) is 4.39 Å². The Bertz CT molecular complexity index is 1270. The summed E-state index contributed by atoms with van der Waals surface area (Å²) in [6.07, 6.45) is 1.94. The molecule has 1 fully saturated rings. The van der Waals surface area contributed by atoms with Crippen LogP contribution in [0.3, 0.4) is 0 Å². The van der Waals surface area contributed by atoms with Crippen molar-refractivity contribution in [2.75, 3.05) is 26.2 Å². The SMILES string of the molecule is CC[C@@H]1CCN(CCOc2ccc(C3Oc4ccc(O)cc4C(C)=C3c3ccc(O)cc3F)cc2)C1. The molecule has 1 saturated heterocycles. The van der Waals surface area contributed by atoms with E-state index in [-0.39, 0.29) is 11.5 Å². The van der Waals surface area contributed by atoms with Crippen LogP contribution in [0.15, 0.2) is 60.7 Å². The highest BCUT2D eigenvalue weighted by Crippen LogP contribution is 2.48. The van der Waals surface area contributed by atoms with Gasteiger partial charge < -0.3 is 19.7 Å². The summed E-state index contributed by atoms with van der Waals surface area (Å²) < 4.78 is 27.4. The van der Waals surface area contributed by atoms with Gasteiger partial charge in [0.05, 0.1) is 0 Å². The Morgan fingerprint density at radius 1 is 1.00 bits per heavy atom. The highest BCUT2D eigenvalue weighted by atomic mass is 19.1. The minimum atomic E-state index is -0.564. The Kier molecular flexibility index (Phi) is 6.88. The first-order valence-corrected chi connectivity index (χ1v) is 12.6. The Balaban J connectivity index is 1.39. The number of fused-ring (bicyclic) bond motifs is 1. The van der Waals surface area contributed by atoms with Gasteiger partial charge in [-0.05, 0) is 79.4 Å². The lowest BCUT2D eigenvalue weighted by molar-refractivity contribution is 0.232. The van der Waals surface area contributed by atoms with Gasteiger partial charge in [0.25, 0.3) is 0 Å². The quantitative estimate of drug-likeness (QED) is 0.401. The summed E-state index contributed by atoms with van der Waals surface area (Å²) in [5.41, 5.74) is 3.37. The first kappa shape index (κ1) is 24.2. The van der Waals surface area contributed by atoms with Crippen molar-refractivity contribution in [2.24, 2.45) is 5.92 Å². The van der Waals surface area contributed by atoms with Crippen LogP contribution in [0, 0.1) is 11.7 Å². The van der Waals surface area contributed by atoms with E-state index in [4.69, 9.17) is 9.47 Å². The Morgan fingerprint density at radius 3 is 2.47 bits per heavy atom. The molecule has 1 unspecified atom stereocenters. The third-order valence-electron chi connectivity index (χ3n) is 7.33. The maximum absolute atomic E-state index is 15.0. The van der Waals surface area contributed by atoms with E-state index in [9.17, 15) is 10.2 Å². The lowest BCUT2D eigenvalue weighted by Gasteiger charge is -2.31. The van der Waals surface area contributed by atoms with E-state index in [0.717, 1.165) is 48.5 Å². The molecule has 0 amide bonds. The molecule has 188 valence electrons. The number of phenolic OH excluding ortho intramolecular Hbond substituents is 2. The number of rotatable bonds is 7. The van der Waals surface area contributed by atoms with Crippen LogP contribution in [-0.4, -0.2) is 41.4 Å². The highest BCUT2D eigenvalue weighted by Gasteiger charge is 2.31. The number of aromatic hydroxyl groups is 2. The third-order valence-corrected chi connectivity index (χ3v) is 7.33. The van der Waals surface area contributed by atoms with E-state index in [1.807, 2.05) is 31.2 Å². The highest BCUT2D eigenvalue weighted by molar-refractivity contribution is 5.95. The van der Waals surface area contributed by atoms with Crippen LogP contribution in [0.5, 0.6) is 23.0 Å². The molecule has 2 atom stereocenters. The second kappa shape index (κ2) is 10.2. The maximum Gasteiger partial charge on any atom is 0.150 e. The molecule has 2 N–H and O–H groups in total. The molecular formula is C30H32FNO4. The average Bonchev–Trinajstić information content (AvgIpc) is 3.33. The van der Waals surface area contributed by atoms with Gasteiger partial charge in [-0.25, -0.2) is 4.39 Å². The average molecular weight is 490 g/mol. The smallest absolute Gasteiger partial charge is 0.150 e. The van der Waals surface area contributed by atoms with Crippen LogP contribution in [0.2, 0.25) is 0 Å². The summed E-state index contributed by atoms with van der Waals surface area (Å²) in [7, 11) is 0. The van der Waals surface area contributed by atoms with Crippen molar-refractivity contribution in [3.8, 4) is 23.0 Å². The molecule has 0 aromatic heterocycles. The fourth-order valence-corrected chi connectivity index (χ4v) is 5.22. The molecule has 2 heterocycles. The van der Waals surface area contributed by atoms with Crippen LogP contribution in [-0.2, 0) is 0 Å². The van der Waals surface area contributed by atoms with Gasteiger partial charge in [0.1, 0.15) is 41.5 Å². The molecule has 5 nitrogen and oxygen atoms in total. The standard InChI is InChI=1S/C30H32FNO4/c1-3-20-12-13-32(18-20)14-15-35-24-8-4-21(5-9-24)30-29(25-10-6-23(34)17-27(25)31)19(2)26-16-22(33)7-11-28(26)36-30/h4-11,16-17,20,30,33-34H,3,12-15,18H2,1-2H3/t20-,30?/m1/s1. The maximum atomic E-state index is 15.0. The van der Waals surface area contributed by atoms with Crippen molar-refractivity contribution in [2.45, 2.75) is 32.8 Å². The molecule has 5 rings (SSSR count). The van der Waals surface area contributed by atoms with Crippen molar-refractivity contribution < 1.29 is 24.1 Å². The molecule has 36 heavy (non-hydrogen) atoms. The number of ether oxygens (including phenoxy) is 2. The molecule has 2 aliphatic rings. The first-order chi connectivity index (χ1) is 17.4. The number of halogens is 1. The zero-order chi connectivity index (χ0) is 25.2. The molecule has 0 saturated carbocycles. The van der Waals surface area contributed by atoms with E-state index in [1.165, 1.54) is 18.9 Å². The molecule has 0 bridgehead atoms. The molecule has 0 aliphatic carbocycles. The molecule has 0 radical (unpaired) electrons. The Morgan fingerprint density at radius 2 is 1.75 bits per heavy atom. The predicted molar refractivity (Wildman–Crippen MR) is 139 cm³/mol. The van der Waals surface area contributed by atoms with Gasteiger partial charge in [0.2, 0.25) is 0 Å². The second-order valence-corrected chi connectivity index (χ2v) is 9.66. The fourth-order valence-electron chi connectivity index (χ4n) is 5.22. The Hall–Kier alpha value is -3.51. The number of allylic oxidation sites excluding steroid dienone is 1. The van der Waals surface area contributed by atoms with Crippen LogP contribution in [0.1, 0.15) is 49.5 Å². The zero-order valence-corrected chi connectivity index (χ0v) is 20.7. The van der Waals surface area contributed by atoms with Crippen molar-refractivity contribution in [3.63, 3.8) is 0 Å². The molecule has 2 aliphatic heterocycles. The summed E-state index contributed by atoms with van der Waals surface area (Å²) in [5.74, 6) is 1.65. The monoisotopic (exact) mass is 489 g/mol. The molecule has 6 heteroatoms. The summed E-state index contributed by atoms with van der Waals surface area (Å²) in [4.78, 5) is 2.46. The normalized spacial score (nSPS) is 19.8. The summed E-state index contributed by atoms with van der Waals surface area (Å²) in [6.45, 7) is 7.99. The van der Waals surface area contributed by atoms with Crippen molar-refractivity contribution in [1.29, 1.82) is 0 Å². The van der Waals surface area contributed by atoms with Crippen molar-refractivity contribution in [1.82, 2.24) is 4.90 Å². The number of nitrogens with zero attached hydrogens (tertiary/aromatic N) is 1. The van der Waals surface area contributed by atoms with Gasteiger partial charge >= 0.3 is 0 Å².